The van der Waals surface area contributed by atoms with Crippen molar-refractivity contribution < 1.29 is 9.53 Å². The molecular formula is C19H16Cl2N2O2S. The summed E-state index contributed by atoms with van der Waals surface area (Å²) in [5.74, 6) is -0.402. The van der Waals surface area contributed by atoms with Gasteiger partial charge in [-0.2, -0.15) is 0 Å². The number of nitrogens with zero attached hydrogens (tertiary/aromatic N) is 1. The van der Waals surface area contributed by atoms with Gasteiger partial charge in [-0.15, -0.1) is 11.3 Å². The molecule has 0 radical (unpaired) electrons. The third-order valence-corrected chi connectivity index (χ3v) is 5.13. The first-order chi connectivity index (χ1) is 12.5. The first-order valence-corrected chi connectivity index (χ1v) is 9.51. The van der Waals surface area contributed by atoms with Crippen molar-refractivity contribution in [1.82, 2.24) is 4.98 Å². The van der Waals surface area contributed by atoms with E-state index < -0.39 is 5.97 Å². The standard InChI is InChI=1S/C19H16Cl2N2O2S/c1-12-5-7-13(8-6-12)22-19-23-14(11-26-19)10-25-18(24)9-15-16(20)3-2-4-17(15)21/h2-8,11H,9-10H2,1H3,(H,22,23). The third-order valence-electron chi connectivity index (χ3n) is 3.62. The second kappa shape index (κ2) is 8.54. The summed E-state index contributed by atoms with van der Waals surface area (Å²) >= 11 is 13.6. The maximum Gasteiger partial charge on any atom is 0.310 e. The van der Waals surface area contributed by atoms with Gasteiger partial charge >= 0.3 is 5.97 Å². The Bertz CT molecular complexity index is 890. The smallest absolute Gasteiger partial charge is 0.310 e. The van der Waals surface area contributed by atoms with Crippen LogP contribution in [-0.4, -0.2) is 11.0 Å². The zero-order chi connectivity index (χ0) is 18.5. The van der Waals surface area contributed by atoms with Crippen molar-refractivity contribution in [2.24, 2.45) is 0 Å². The average Bonchev–Trinajstić information content (AvgIpc) is 3.06. The molecule has 0 aliphatic rings. The number of halogens is 2. The lowest BCUT2D eigenvalue weighted by atomic mass is 10.1. The molecule has 4 nitrogen and oxygen atoms in total. The zero-order valence-electron chi connectivity index (χ0n) is 14.0. The highest BCUT2D eigenvalue weighted by molar-refractivity contribution is 7.13. The van der Waals surface area contributed by atoms with E-state index in [9.17, 15) is 4.79 Å². The van der Waals surface area contributed by atoms with E-state index in [1.807, 2.05) is 36.6 Å². The summed E-state index contributed by atoms with van der Waals surface area (Å²) < 4.78 is 5.28. The highest BCUT2D eigenvalue weighted by Crippen LogP contribution is 2.25. The van der Waals surface area contributed by atoms with Crippen molar-refractivity contribution in [3.8, 4) is 0 Å². The fourth-order valence-corrected chi connectivity index (χ4v) is 3.49. The van der Waals surface area contributed by atoms with Crippen LogP contribution in [0.15, 0.2) is 47.8 Å². The van der Waals surface area contributed by atoms with Gasteiger partial charge in [0.25, 0.3) is 0 Å². The number of benzene rings is 2. The number of aryl methyl sites for hydroxylation is 1. The molecule has 0 aliphatic heterocycles. The number of carbonyl (C=O) groups excluding carboxylic acids is 1. The molecule has 0 unspecified atom stereocenters. The highest BCUT2D eigenvalue weighted by Gasteiger charge is 2.13. The van der Waals surface area contributed by atoms with Gasteiger partial charge in [-0.1, -0.05) is 47.0 Å². The van der Waals surface area contributed by atoms with E-state index in [0.717, 1.165) is 10.8 Å². The molecule has 7 heteroatoms. The number of rotatable bonds is 6. The predicted molar refractivity (Wildman–Crippen MR) is 107 cm³/mol. The Kier molecular flexibility index (Phi) is 6.14. The van der Waals surface area contributed by atoms with Gasteiger partial charge in [-0.25, -0.2) is 4.98 Å². The van der Waals surface area contributed by atoms with Gasteiger partial charge in [0, 0.05) is 26.7 Å². The summed E-state index contributed by atoms with van der Waals surface area (Å²) in [7, 11) is 0. The van der Waals surface area contributed by atoms with E-state index in [4.69, 9.17) is 27.9 Å². The van der Waals surface area contributed by atoms with Gasteiger partial charge in [0.05, 0.1) is 12.1 Å². The molecule has 0 amide bonds. The predicted octanol–water partition coefficient (Wildman–Crippen LogP) is 5.79. The summed E-state index contributed by atoms with van der Waals surface area (Å²) in [4.78, 5) is 16.5. The summed E-state index contributed by atoms with van der Waals surface area (Å²) in [5.41, 5.74) is 3.41. The highest BCUT2D eigenvalue weighted by atomic mass is 35.5. The van der Waals surface area contributed by atoms with Crippen LogP contribution in [0.25, 0.3) is 0 Å². The average molecular weight is 407 g/mol. The summed E-state index contributed by atoms with van der Waals surface area (Å²) in [6.45, 7) is 2.14. The molecule has 0 saturated carbocycles. The van der Waals surface area contributed by atoms with E-state index in [0.29, 0.717) is 21.3 Å². The van der Waals surface area contributed by atoms with Crippen LogP contribution < -0.4 is 5.32 Å². The molecule has 0 fully saturated rings. The minimum atomic E-state index is -0.402. The van der Waals surface area contributed by atoms with Crippen LogP contribution >= 0.6 is 34.5 Å². The minimum Gasteiger partial charge on any atom is -0.459 e. The van der Waals surface area contributed by atoms with Crippen molar-refractivity contribution in [3.63, 3.8) is 0 Å². The number of hydrogen-bond donors (Lipinski definition) is 1. The molecule has 134 valence electrons. The van der Waals surface area contributed by atoms with E-state index in [1.54, 1.807) is 18.2 Å². The Morgan fingerprint density at radius 3 is 2.54 bits per heavy atom. The lowest BCUT2D eigenvalue weighted by Gasteiger charge is -2.07. The number of carbonyl (C=O) groups is 1. The Morgan fingerprint density at radius 2 is 1.85 bits per heavy atom. The maximum absolute atomic E-state index is 12.0. The van der Waals surface area contributed by atoms with E-state index >= 15 is 0 Å². The van der Waals surface area contributed by atoms with Crippen LogP contribution in [0.3, 0.4) is 0 Å². The zero-order valence-corrected chi connectivity index (χ0v) is 16.3. The van der Waals surface area contributed by atoms with Crippen LogP contribution in [0, 0.1) is 6.92 Å². The molecule has 3 rings (SSSR count). The van der Waals surface area contributed by atoms with Crippen LogP contribution in [0.1, 0.15) is 16.8 Å². The number of ether oxygens (including phenoxy) is 1. The minimum absolute atomic E-state index is 0.0249. The Labute approximate surface area is 165 Å². The quantitative estimate of drug-likeness (QED) is 0.526. The van der Waals surface area contributed by atoms with Gasteiger partial charge in [0.2, 0.25) is 0 Å². The molecule has 1 N–H and O–H groups in total. The lowest BCUT2D eigenvalue weighted by molar-refractivity contribution is -0.144. The molecule has 1 heterocycles. The molecule has 26 heavy (non-hydrogen) atoms. The first-order valence-electron chi connectivity index (χ1n) is 7.88. The number of hydrogen-bond acceptors (Lipinski definition) is 5. The van der Waals surface area contributed by atoms with Crippen molar-refractivity contribution in [2.45, 2.75) is 20.0 Å². The van der Waals surface area contributed by atoms with Crippen molar-refractivity contribution in [3.05, 3.63) is 74.7 Å². The number of anilines is 2. The second-order valence-electron chi connectivity index (χ2n) is 5.67. The molecule has 1 aromatic heterocycles. The van der Waals surface area contributed by atoms with Crippen molar-refractivity contribution in [1.29, 1.82) is 0 Å². The van der Waals surface area contributed by atoms with E-state index in [2.05, 4.69) is 10.3 Å². The Morgan fingerprint density at radius 1 is 1.15 bits per heavy atom. The van der Waals surface area contributed by atoms with Crippen LogP contribution in [0.5, 0.6) is 0 Å². The first kappa shape index (κ1) is 18.7. The monoisotopic (exact) mass is 406 g/mol. The summed E-state index contributed by atoms with van der Waals surface area (Å²) in [5, 5.41) is 6.73. The molecule has 0 spiro atoms. The van der Waals surface area contributed by atoms with Crippen LogP contribution in [0.4, 0.5) is 10.8 Å². The fourth-order valence-electron chi connectivity index (χ4n) is 2.24. The number of nitrogens with one attached hydrogen (secondary N) is 1. The van der Waals surface area contributed by atoms with Crippen LogP contribution in [-0.2, 0) is 22.6 Å². The van der Waals surface area contributed by atoms with Gasteiger partial charge in [0.1, 0.15) is 6.61 Å². The number of esters is 1. The Hall–Kier alpha value is -2.08. The lowest BCUT2D eigenvalue weighted by Crippen LogP contribution is -2.09. The second-order valence-corrected chi connectivity index (χ2v) is 7.35. The summed E-state index contributed by atoms with van der Waals surface area (Å²) in [6.07, 6.45) is 0.0249. The Balaban J connectivity index is 1.54. The normalized spacial score (nSPS) is 10.6. The topological polar surface area (TPSA) is 51.2 Å². The largest absolute Gasteiger partial charge is 0.459 e. The van der Waals surface area contributed by atoms with Gasteiger partial charge in [-0.05, 0) is 31.2 Å². The fraction of sp³-hybridized carbons (Fsp3) is 0.158. The molecule has 3 aromatic rings. The van der Waals surface area contributed by atoms with E-state index in [1.165, 1.54) is 16.9 Å². The van der Waals surface area contributed by atoms with Gasteiger partial charge < -0.3 is 10.1 Å². The van der Waals surface area contributed by atoms with Crippen LogP contribution in [0.2, 0.25) is 10.0 Å². The molecule has 0 atom stereocenters. The van der Waals surface area contributed by atoms with Gasteiger partial charge in [0.15, 0.2) is 5.13 Å². The van der Waals surface area contributed by atoms with E-state index in [-0.39, 0.29) is 13.0 Å². The number of aromatic nitrogens is 1. The number of thiazole rings is 1. The van der Waals surface area contributed by atoms with Crippen molar-refractivity contribution >= 4 is 51.3 Å². The van der Waals surface area contributed by atoms with Gasteiger partial charge in [-0.3, -0.25) is 4.79 Å². The SMILES string of the molecule is Cc1ccc(Nc2nc(COC(=O)Cc3c(Cl)cccc3Cl)cs2)cc1. The molecule has 0 aliphatic carbocycles. The third kappa shape index (κ3) is 4.97. The molecular weight excluding hydrogens is 391 g/mol. The molecule has 0 saturated heterocycles. The molecule has 2 aromatic carbocycles. The molecule has 0 bridgehead atoms. The maximum atomic E-state index is 12.0. The summed E-state index contributed by atoms with van der Waals surface area (Å²) in [6, 6.07) is 13.2. The van der Waals surface area contributed by atoms with Crippen molar-refractivity contribution in [2.75, 3.05) is 5.32 Å².